The molecule has 0 radical (unpaired) electrons. The summed E-state index contributed by atoms with van der Waals surface area (Å²) in [6.07, 6.45) is 0.329. The van der Waals surface area contributed by atoms with E-state index in [-0.39, 0.29) is 11.9 Å². The highest BCUT2D eigenvalue weighted by molar-refractivity contribution is 5.69. The normalized spacial score (nSPS) is 11.7. The van der Waals surface area contributed by atoms with E-state index < -0.39 is 6.09 Å². The Bertz CT molecular complexity index is 672. The molecule has 0 bridgehead atoms. The number of carbonyl (C=O) groups excluding carboxylic acids is 1. The van der Waals surface area contributed by atoms with Crippen LogP contribution in [0.5, 0.6) is 11.5 Å². The van der Waals surface area contributed by atoms with Crippen LogP contribution in [0.3, 0.4) is 0 Å². The van der Waals surface area contributed by atoms with Gasteiger partial charge in [0, 0.05) is 26.6 Å². The molecule has 1 unspecified atom stereocenters. The maximum absolute atomic E-state index is 12.9. The molecule has 2 rings (SSSR count). The lowest BCUT2D eigenvalue weighted by Gasteiger charge is -2.18. The van der Waals surface area contributed by atoms with E-state index in [4.69, 9.17) is 9.47 Å². The zero-order valence-corrected chi connectivity index (χ0v) is 14.7. The maximum atomic E-state index is 12.9. The van der Waals surface area contributed by atoms with Gasteiger partial charge < -0.3 is 19.7 Å². The molecule has 2 aromatic rings. The Morgan fingerprint density at radius 1 is 1.08 bits per heavy atom. The van der Waals surface area contributed by atoms with E-state index in [1.165, 1.54) is 17.0 Å². The minimum absolute atomic E-state index is 0.0963. The van der Waals surface area contributed by atoms with Crippen molar-refractivity contribution < 1.29 is 18.7 Å². The Kier molecular flexibility index (Phi) is 6.77. The van der Waals surface area contributed by atoms with Crippen molar-refractivity contribution in [3.8, 4) is 11.5 Å². The molecule has 0 aliphatic rings. The first-order chi connectivity index (χ1) is 12.0. The number of rotatable bonds is 7. The Balaban J connectivity index is 1.89. The van der Waals surface area contributed by atoms with E-state index in [1.54, 1.807) is 38.4 Å². The fraction of sp³-hybridized carbons (Fsp3) is 0.316. The van der Waals surface area contributed by atoms with E-state index in [0.29, 0.717) is 18.1 Å². The highest BCUT2D eigenvalue weighted by atomic mass is 19.1. The van der Waals surface area contributed by atoms with Crippen LogP contribution in [0.1, 0.15) is 18.0 Å². The number of nitrogens with one attached hydrogen (secondary N) is 1. The fourth-order valence-electron chi connectivity index (χ4n) is 2.26. The van der Waals surface area contributed by atoms with E-state index in [9.17, 15) is 9.18 Å². The van der Waals surface area contributed by atoms with Gasteiger partial charge in [-0.15, -0.1) is 0 Å². The summed E-state index contributed by atoms with van der Waals surface area (Å²) in [6.45, 7) is 0.495. The number of amides is 1. The minimum Gasteiger partial charge on any atom is -0.494 e. The lowest BCUT2D eigenvalue weighted by molar-refractivity contribution is 0.172. The summed E-state index contributed by atoms with van der Waals surface area (Å²) in [7, 11) is 5.15. The summed E-state index contributed by atoms with van der Waals surface area (Å²) in [5, 5.41) is 3.24. The van der Waals surface area contributed by atoms with Gasteiger partial charge in [-0.25, -0.2) is 9.18 Å². The van der Waals surface area contributed by atoms with E-state index >= 15 is 0 Å². The summed E-state index contributed by atoms with van der Waals surface area (Å²) < 4.78 is 23.7. The molecule has 1 amide bonds. The van der Waals surface area contributed by atoms with Gasteiger partial charge in [0.05, 0.1) is 6.61 Å². The third-order valence-corrected chi connectivity index (χ3v) is 3.69. The van der Waals surface area contributed by atoms with Crippen molar-refractivity contribution >= 4 is 6.09 Å². The maximum Gasteiger partial charge on any atom is 0.414 e. The van der Waals surface area contributed by atoms with Crippen LogP contribution in [-0.2, 0) is 0 Å². The third-order valence-electron chi connectivity index (χ3n) is 3.69. The summed E-state index contributed by atoms with van der Waals surface area (Å²) in [6, 6.07) is 13.4. The molecule has 0 aliphatic heterocycles. The molecule has 0 aliphatic carbocycles. The number of hydrogen-bond donors (Lipinski definition) is 1. The predicted molar refractivity (Wildman–Crippen MR) is 94.5 cm³/mol. The molecule has 0 saturated carbocycles. The summed E-state index contributed by atoms with van der Waals surface area (Å²) in [5.74, 6) is 0.859. The van der Waals surface area contributed by atoms with E-state index in [0.717, 1.165) is 12.0 Å². The van der Waals surface area contributed by atoms with Gasteiger partial charge in [-0.05, 0) is 49.0 Å². The number of carbonyl (C=O) groups is 1. The van der Waals surface area contributed by atoms with Crippen molar-refractivity contribution in [3.63, 3.8) is 0 Å². The Hall–Kier alpha value is -2.60. The second-order valence-electron chi connectivity index (χ2n) is 5.76. The molecule has 134 valence electrons. The van der Waals surface area contributed by atoms with Gasteiger partial charge in [0.25, 0.3) is 0 Å². The van der Waals surface area contributed by atoms with Crippen LogP contribution < -0.4 is 14.8 Å². The Morgan fingerprint density at radius 2 is 1.68 bits per heavy atom. The minimum atomic E-state index is -0.411. The molecule has 25 heavy (non-hydrogen) atoms. The van der Waals surface area contributed by atoms with Gasteiger partial charge in [0.2, 0.25) is 0 Å². The molecule has 0 spiro atoms. The SMILES string of the molecule is CNC(CCOc1ccc(F)cc1)c1ccc(OC(=O)N(C)C)cc1. The second-order valence-corrected chi connectivity index (χ2v) is 5.76. The lowest BCUT2D eigenvalue weighted by atomic mass is 10.0. The van der Waals surface area contributed by atoms with Crippen molar-refractivity contribution in [2.75, 3.05) is 27.7 Å². The zero-order valence-electron chi connectivity index (χ0n) is 14.7. The van der Waals surface area contributed by atoms with Crippen LogP contribution in [0.4, 0.5) is 9.18 Å². The predicted octanol–water partition coefficient (Wildman–Crippen LogP) is 3.62. The van der Waals surface area contributed by atoms with E-state index in [2.05, 4.69) is 5.32 Å². The second kappa shape index (κ2) is 9.03. The van der Waals surface area contributed by atoms with Crippen LogP contribution in [0.2, 0.25) is 0 Å². The van der Waals surface area contributed by atoms with Crippen LogP contribution in [0, 0.1) is 5.82 Å². The van der Waals surface area contributed by atoms with Crippen molar-refractivity contribution in [1.29, 1.82) is 0 Å². The van der Waals surface area contributed by atoms with Crippen LogP contribution in [-0.4, -0.2) is 38.7 Å². The molecule has 1 atom stereocenters. The quantitative estimate of drug-likeness (QED) is 0.832. The number of halogens is 1. The molecular formula is C19H23FN2O3. The number of hydrogen-bond acceptors (Lipinski definition) is 4. The molecule has 0 fully saturated rings. The summed E-state index contributed by atoms with van der Waals surface area (Å²) >= 11 is 0. The molecule has 0 saturated heterocycles. The molecule has 0 heterocycles. The topological polar surface area (TPSA) is 50.8 Å². The molecular weight excluding hydrogens is 323 g/mol. The van der Waals surface area contributed by atoms with Gasteiger partial charge in [0.1, 0.15) is 17.3 Å². The standard InChI is InChI=1S/C19H23FN2O3/c1-21-18(12-13-24-16-10-6-15(20)7-11-16)14-4-8-17(9-5-14)25-19(23)22(2)3/h4-11,18,21H,12-13H2,1-3H3. The van der Waals surface area contributed by atoms with Crippen molar-refractivity contribution in [2.45, 2.75) is 12.5 Å². The third kappa shape index (κ3) is 5.76. The van der Waals surface area contributed by atoms with Gasteiger partial charge in [0.15, 0.2) is 0 Å². The van der Waals surface area contributed by atoms with Gasteiger partial charge >= 0.3 is 6.09 Å². The van der Waals surface area contributed by atoms with Crippen molar-refractivity contribution in [3.05, 3.63) is 59.9 Å². The van der Waals surface area contributed by atoms with Crippen LogP contribution >= 0.6 is 0 Å². The van der Waals surface area contributed by atoms with Gasteiger partial charge in [-0.2, -0.15) is 0 Å². The lowest BCUT2D eigenvalue weighted by Crippen LogP contribution is -2.25. The van der Waals surface area contributed by atoms with Crippen molar-refractivity contribution in [1.82, 2.24) is 10.2 Å². The molecule has 6 heteroatoms. The first-order valence-corrected chi connectivity index (χ1v) is 8.04. The number of nitrogens with zero attached hydrogens (tertiary/aromatic N) is 1. The molecule has 1 N–H and O–H groups in total. The largest absolute Gasteiger partial charge is 0.494 e. The summed E-state index contributed by atoms with van der Waals surface area (Å²) in [5.41, 5.74) is 1.06. The Morgan fingerprint density at radius 3 is 2.24 bits per heavy atom. The smallest absolute Gasteiger partial charge is 0.414 e. The molecule has 0 aromatic heterocycles. The van der Waals surface area contributed by atoms with Gasteiger partial charge in [-0.1, -0.05) is 12.1 Å². The highest BCUT2D eigenvalue weighted by Gasteiger charge is 2.11. The van der Waals surface area contributed by atoms with Crippen LogP contribution in [0.15, 0.2) is 48.5 Å². The molecule has 5 nitrogen and oxygen atoms in total. The average molecular weight is 346 g/mol. The van der Waals surface area contributed by atoms with Crippen molar-refractivity contribution in [2.24, 2.45) is 0 Å². The van der Waals surface area contributed by atoms with Crippen LogP contribution in [0.25, 0.3) is 0 Å². The fourth-order valence-corrected chi connectivity index (χ4v) is 2.26. The van der Waals surface area contributed by atoms with Gasteiger partial charge in [-0.3, -0.25) is 0 Å². The first-order valence-electron chi connectivity index (χ1n) is 8.04. The number of ether oxygens (including phenoxy) is 2. The first kappa shape index (κ1) is 18.7. The average Bonchev–Trinajstić information content (AvgIpc) is 2.61. The Labute approximate surface area is 147 Å². The number of benzene rings is 2. The summed E-state index contributed by atoms with van der Waals surface area (Å²) in [4.78, 5) is 12.9. The zero-order chi connectivity index (χ0) is 18.2. The van der Waals surface area contributed by atoms with E-state index in [1.807, 2.05) is 19.2 Å². The monoisotopic (exact) mass is 346 g/mol. The molecule has 2 aromatic carbocycles. The highest BCUT2D eigenvalue weighted by Crippen LogP contribution is 2.21.